The zero-order valence-electron chi connectivity index (χ0n) is 9.51. The van der Waals surface area contributed by atoms with Gasteiger partial charge in [-0.3, -0.25) is 0 Å². The average molecular weight is 213 g/mol. The minimum absolute atomic E-state index is 0.212. The number of hydrogen-bond donors (Lipinski definition) is 1. The molecule has 1 atom stereocenters. The lowest BCUT2D eigenvalue weighted by atomic mass is 10.1. The van der Waals surface area contributed by atoms with Gasteiger partial charge in [-0.1, -0.05) is 30.3 Å². The number of hydrogen-bond acceptors (Lipinski definition) is 3. The first kappa shape index (κ1) is 10.6. The molecule has 16 heavy (non-hydrogen) atoms. The standard InChI is InChI=1S/C13H15N3/c1-10-8-14-13(15-9-10)16-11(2)12-6-4-3-5-7-12/h3-9,11H,1-2H3,(H,14,15,16). The Kier molecular flexibility index (Phi) is 3.15. The number of aryl methyl sites for hydroxylation is 1. The van der Waals surface area contributed by atoms with E-state index in [9.17, 15) is 0 Å². The van der Waals surface area contributed by atoms with Gasteiger partial charge in [-0.15, -0.1) is 0 Å². The van der Waals surface area contributed by atoms with Crippen molar-refractivity contribution < 1.29 is 0 Å². The van der Waals surface area contributed by atoms with Gasteiger partial charge in [0, 0.05) is 12.4 Å². The molecule has 0 spiro atoms. The van der Waals surface area contributed by atoms with E-state index < -0.39 is 0 Å². The normalized spacial score (nSPS) is 12.1. The van der Waals surface area contributed by atoms with Crippen LogP contribution in [0, 0.1) is 6.92 Å². The first-order chi connectivity index (χ1) is 7.75. The van der Waals surface area contributed by atoms with E-state index in [2.05, 4.69) is 34.3 Å². The van der Waals surface area contributed by atoms with Crippen molar-refractivity contribution in [2.45, 2.75) is 19.9 Å². The van der Waals surface area contributed by atoms with Crippen LogP contribution in [-0.2, 0) is 0 Å². The van der Waals surface area contributed by atoms with Crippen molar-refractivity contribution in [3.63, 3.8) is 0 Å². The van der Waals surface area contributed by atoms with E-state index in [0.717, 1.165) is 5.56 Å². The summed E-state index contributed by atoms with van der Waals surface area (Å²) < 4.78 is 0. The van der Waals surface area contributed by atoms with Crippen LogP contribution in [0.5, 0.6) is 0 Å². The highest BCUT2D eigenvalue weighted by Crippen LogP contribution is 2.15. The Balaban J connectivity index is 2.08. The molecule has 0 bridgehead atoms. The number of benzene rings is 1. The van der Waals surface area contributed by atoms with Gasteiger partial charge in [-0.05, 0) is 25.0 Å². The maximum absolute atomic E-state index is 4.22. The Morgan fingerprint density at radius 1 is 1.06 bits per heavy atom. The molecule has 0 aliphatic rings. The highest BCUT2D eigenvalue weighted by molar-refractivity contribution is 5.31. The third-order valence-electron chi connectivity index (χ3n) is 2.43. The molecular formula is C13H15N3. The number of nitrogens with one attached hydrogen (secondary N) is 1. The summed E-state index contributed by atoms with van der Waals surface area (Å²) >= 11 is 0. The van der Waals surface area contributed by atoms with Gasteiger partial charge in [0.2, 0.25) is 5.95 Å². The second kappa shape index (κ2) is 4.75. The van der Waals surface area contributed by atoms with E-state index in [1.165, 1.54) is 5.56 Å². The van der Waals surface area contributed by atoms with Gasteiger partial charge >= 0.3 is 0 Å². The first-order valence-electron chi connectivity index (χ1n) is 5.36. The molecule has 0 saturated heterocycles. The van der Waals surface area contributed by atoms with Gasteiger partial charge in [-0.25, -0.2) is 9.97 Å². The van der Waals surface area contributed by atoms with Crippen LogP contribution < -0.4 is 5.32 Å². The minimum Gasteiger partial charge on any atom is -0.348 e. The van der Waals surface area contributed by atoms with Crippen molar-refractivity contribution in [1.82, 2.24) is 9.97 Å². The SMILES string of the molecule is Cc1cnc(NC(C)c2ccccc2)nc1. The van der Waals surface area contributed by atoms with E-state index in [1.807, 2.05) is 37.5 Å². The zero-order chi connectivity index (χ0) is 11.4. The molecule has 3 nitrogen and oxygen atoms in total. The van der Waals surface area contributed by atoms with Crippen molar-refractivity contribution in [2.24, 2.45) is 0 Å². The summed E-state index contributed by atoms with van der Waals surface area (Å²) in [5.74, 6) is 0.668. The maximum atomic E-state index is 4.22. The Labute approximate surface area is 95.6 Å². The molecule has 1 N–H and O–H groups in total. The molecule has 1 aromatic carbocycles. The van der Waals surface area contributed by atoms with Crippen molar-refractivity contribution in [3.8, 4) is 0 Å². The van der Waals surface area contributed by atoms with Crippen LogP contribution in [0.25, 0.3) is 0 Å². The molecule has 2 aromatic rings. The van der Waals surface area contributed by atoms with Crippen LogP contribution in [0.15, 0.2) is 42.7 Å². The van der Waals surface area contributed by atoms with E-state index in [4.69, 9.17) is 0 Å². The highest BCUT2D eigenvalue weighted by atomic mass is 15.1. The topological polar surface area (TPSA) is 37.8 Å². The summed E-state index contributed by atoms with van der Waals surface area (Å²) in [4.78, 5) is 8.44. The van der Waals surface area contributed by atoms with Crippen LogP contribution >= 0.6 is 0 Å². The molecule has 3 heteroatoms. The van der Waals surface area contributed by atoms with Crippen molar-refractivity contribution in [3.05, 3.63) is 53.9 Å². The number of anilines is 1. The molecule has 0 aliphatic heterocycles. The molecule has 0 radical (unpaired) electrons. The molecule has 82 valence electrons. The van der Waals surface area contributed by atoms with E-state index in [1.54, 1.807) is 0 Å². The smallest absolute Gasteiger partial charge is 0.223 e. The van der Waals surface area contributed by atoms with Crippen LogP contribution in [0.1, 0.15) is 24.1 Å². The van der Waals surface area contributed by atoms with Gasteiger partial charge in [0.05, 0.1) is 6.04 Å². The first-order valence-corrected chi connectivity index (χ1v) is 5.36. The summed E-state index contributed by atoms with van der Waals surface area (Å²) in [6.07, 6.45) is 3.63. The van der Waals surface area contributed by atoms with Crippen molar-refractivity contribution >= 4 is 5.95 Å². The molecule has 0 saturated carbocycles. The predicted octanol–water partition coefficient (Wildman–Crippen LogP) is 2.96. The molecule has 1 aromatic heterocycles. The molecular weight excluding hydrogens is 198 g/mol. The van der Waals surface area contributed by atoms with E-state index >= 15 is 0 Å². The Bertz CT molecular complexity index is 436. The zero-order valence-corrected chi connectivity index (χ0v) is 9.51. The molecule has 1 heterocycles. The van der Waals surface area contributed by atoms with Gasteiger partial charge in [0.15, 0.2) is 0 Å². The van der Waals surface area contributed by atoms with Gasteiger partial charge < -0.3 is 5.32 Å². The molecule has 2 rings (SSSR count). The fourth-order valence-electron chi connectivity index (χ4n) is 1.49. The monoisotopic (exact) mass is 213 g/mol. The largest absolute Gasteiger partial charge is 0.348 e. The minimum atomic E-state index is 0.212. The quantitative estimate of drug-likeness (QED) is 0.851. The molecule has 1 unspecified atom stereocenters. The summed E-state index contributed by atoms with van der Waals surface area (Å²) in [5, 5.41) is 3.26. The third-order valence-corrected chi connectivity index (χ3v) is 2.43. The van der Waals surface area contributed by atoms with Crippen molar-refractivity contribution in [1.29, 1.82) is 0 Å². The maximum Gasteiger partial charge on any atom is 0.223 e. The fraction of sp³-hybridized carbons (Fsp3) is 0.231. The molecule has 0 amide bonds. The summed E-state index contributed by atoms with van der Waals surface area (Å²) in [6, 6.07) is 10.5. The summed E-state index contributed by atoms with van der Waals surface area (Å²) in [6.45, 7) is 4.07. The van der Waals surface area contributed by atoms with Gasteiger partial charge in [-0.2, -0.15) is 0 Å². The van der Waals surface area contributed by atoms with Gasteiger partial charge in [0.25, 0.3) is 0 Å². The molecule has 0 fully saturated rings. The third kappa shape index (κ3) is 2.57. The lowest BCUT2D eigenvalue weighted by Gasteiger charge is -2.13. The number of aromatic nitrogens is 2. The summed E-state index contributed by atoms with van der Waals surface area (Å²) in [7, 11) is 0. The van der Waals surface area contributed by atoms with Crippen LogP contribution in [-0.4, -0.2) is 9.97 Å². The lowest BCUT2D eigenvalue weighted by Crippen LogP contribution is -2.09. The molecule has 0 aliphatic carbocycles. The van der Waals surface area contributed by atoms with Crippen LogP contribution in [0.3, 0.4) is 0 Å². The average Bonchev–Trinajstić information content (AvgIpc) is 2.33. The number of nitrogens with zero attached hydrogens (tertiary/aromatic N) is 2. The Hall–Kier alpha value is -1.90. The van der Waals surface area contributed by atoms with E-state index in [0.29, 0.717) is 5.95 Å². The van der Waals surface area contributed by atoms with Crippen LogP contribution in [0.4, 0.5) is 5.95 Å². The highest BCUT2D eigenvalue weighted by Gasteiger charge is 2.05. The second-order valence-electron chi connectivity index (χ2n) is 3.86. The summed E-state index contributed by atoms with van der Waals surface area (Å²) in [5.41, 5.74) is 2.30. The Morgan fingerprint density at radius 3 is 2.31 bits per heavy atom. The Morgan fingerprint density at radius 2 is 1.69 bits per heavy atom. The fourth-order valence-corrected chi connectivity index (χ4v) is 1.49. The lowest BCUT2D eigenvalue weighted by molar-refractivity contribution is 0.859. The van der Waals surface area contributed by atoms with Crippen LogP contribution in [0.2, 0.25) is 0 Å². The second-order valence-corrected chi connectivity index (χ2v) is 3.86. The van der Waals surface area contributed by atoms with E-state index in [-0.39, 0.29) is 6.04 Å². The predicted molar refractivity (Wildman–Crippen MR) is 65.2 cm³/mol. The van der Waals surface area contributed by atoms with Crippen molar-refractivity contribution in [2.75, 3.05) is 5.32 Å². The number of rotatable bonds is 3. The van der Waals surface area contributed by atoms with Gasteiger partial charge in [0.1, 0.15) is 0 Å².